The first kappa shape index (κ1) is 7.22. The fraction of sp³-hybridized carbons (Fsp3) is 0.375. The van der Waals surface area contributed by atoms with Gasteiger partial charge in [-0.3, -0.25) is 4.79 Å². The topological polar surface area (TPSA) is 37.3 Å². The van der Waals surface area contributed by atoms with E-state index in [2.05, 4.69) is 0 Å². The second kappa shape index (κ2) is 2.39. The molecule has 0 bridgehead atoms. The molecular weight excluding hydrogens is 128 g/mol. The molecule has 2 nitrogen and oxygen atoms in total. The smallest absolute Gasteiger partial charge is 0.191 e. The van der Waals surface area contributed by atoms with Gasteiger partial charge in [-0.2, -0.15) is 0 Å². The van der Waals surface area contributed by atoms with Crippen LogP contribution in [0.15, 0.2) is 24.3 Å². The summed E-state index contributed by atoms with van der Waals surface area (Å²) >= 11 is 0. The van der Waals surface area contributed by atoms with Gasteiger partial charge in [-0.25, -0.2) is 0 Å². The fourth-order valence-corrected chi connectivity index (χ4v) is 0.876. The standard InChI is InChI=1S/C8H10O2/c1-2-8(10)6-4-3-5-7(8)9/h3-6,10H,2H2,1H3. The Morgan fingerprint density at radius 2 is 2.30 bits per heavy atom. The average Bonchev–Trinajstić information content (AvgIpc) is 1.96. The third-order valence-corrected chi connectivity index (χ3v) is 1.70. The highest BCUT2D eigenvalue weighted by Crippen LogP contribution is 2.16. The number of hydrogen-bond acceptors (Lipinski definition) is 2. The molecule has 1 unspecified atom stereocenters. The van der Waals surface area contributed by atoms with Crippen molar-refractivity contribution in [2.24, 2.45) is 0 Å². The molecule has 1 aliphatic carbocycles. The van der Waals surface area contributed by atoms with Crippen LogP contribution >= 0.6 is 0 Å². The van der Waals surface area contributed by atoms with Crippen molar-refractivity contribution in [1.29, 1.82) is 0 Å². The molecular formula is C8H10O2. The second-order valence-corrected chi connectivity index (χ2v) is 2.36. The van der Waals surface area contributed by atoms with E-state index in [9.17, 15) is 9.90 Å². The van der Waals surface area contributed by atoms with E-state index in [0.29, 0.717) is 6.42 Å². The summed E-state index contributed by atoms with van der Waals surface area (Å²) in [6.07, 6.45) is 6.67. The Kier molecular flexibility index (Phi) is 1.72. The first-order chi connectivity index (χ1) is 4.69. The van der Waals surface area contributed by atoms with E-state index in [1.807, 2.05) is 0 Å². The van der Waals surface area contributed by atoms with Crippen LogP contribution in [-0.4, -0.2) is 16.5 Å². The zero-order chi connectivity index (χ0) is 7.61. The van der Waals surface area contributed by atoms with Gasteiger partial charge in [-0.1, -0.05) is 19.1 Å². The number of carbonyl (C=O) groups excluding carboxylic acids is 1. The minimum atomic E-state index is -1.23. The van der Waals surface area contributed by atoms with Crippen molar-refractivity contribution >= 4 is 5.78 Å². The van der Waals surface area contributed by atoms with E-state index >= 15 is 0 Å². The van der Waals surface area contributed by atoms with E-state index in [4.69, 9.17) is 0 Å². The highest BCUT2D eigenvalue weighted by Gasteiger charge is 2.29. The lowest BCUT2D eigenvalue weighted by atomic mass is 9.91. The first-order valence-corrected chi connectivity index (χ1v) is 3.32. The van der Waals surface area contributed by atoms with Crippen LogP contribution in [0.3, 0.4) is 0 Å². The van der Waals surface area contributed by atoms with Crippen molar-refractivity contribution in [2.45, 2.75) is 18.9 Å². The maximum atomic E-state index is 11.0. The number of allylic oxidation sites excluding steroid dienone is 2. The fourth-order valence-electron chi connectivity index (χ4n) is 0.876. The van der Waals surface area contributed by atoms with Gasteiger partial charge in [0.2, 0.25) is 0 Å². The Balaban J connectivity index is 2.88. The Bertz CT molecular complexity index is 203. The molecule has 1 atom stereocenters. The van der Waals surface area contributed by atoms with Gasteiger partial charge in [0.05, 0.1) is 0 Å². The zero-order valence-corrected chi connectivity index (χ0v) is 5.87. The van der Waals surface area contributed by atoms with Crippen molar-refractivity contribution in [3.8, 4) is 0 Å². The lowest BCUT2D eigenvalue weighted by molar-refractivity contribution is -0.128. The van der Waals surface area contributed by atoms with Crippen LogP contribution in [0.2, 0.25) is 0 Å². The number of hydrogen-bond donors (Lipinski definition) is 1. The Morgan fingerprint density at radius 1 is 1.60 bits per heavy atom. The van der Waals surface area contributed by atoms with E-state index < -0.39 is 5.60 Å². The summed E-state index contributed by atoms with van der Waals surface area (Å²) in [7, 11) is 0. The van der Waals surface area contributed by atoms with Gasteiger partial charge in [-0.15, -0.1) is 0 Å². The molecule has 2 heteroatoms. The van der Waals surface area contributed by atoms with Crippen molar-refractivity contribution < 1.29 is 9.90 Å². The molecule has 0 fully saturated rings. The molecule has 1 aliphatic rings. The van der Waals surface area contributed by atoms with Crippen LogP contribution in [0.25, 0.3) is 0 Å². The predicted molar refractivity (Wildman–Crippen MR) is 38.5 cm³/mol. The van der Waals surface area contributed by atoms with Crippen LogP contribution in [0, 0.1) is 0 Å². The molecule has 54 valence electrons. The minimum absolute atomic E-state index is 0.225. The van der Waals surface area contributed by atoms with Gasteiger partial charge >= 0.3 is 0 Å². The summed E-state index contributed by atoms with van der Waals surface area (Å²) in [5.41, 5.74) is -1.23. The quantitative estimate of drug-likeness (QED) is 0.582. The Morgan fingerprint density at radius 3 is 2.70 bits per heavy atom. The van der Waals surface area contributed by atoms with Crippen LogP contribution < -0.4 is 0 Å². The summed E-state index contributed by atoms with van der Waals surface area (Å²) in [4.78, 5) is 11.0. The van der Waals surface area contributed by atoms with Crippen molar-refractivity contribution in [1.82, 2.24) is 0 Å². The number of rotatable bonds is 1. The van der Waals surface area contributed by atoms with E-state index in [1.54, 1.807) is 19.1 Å². The maximum absolute atomic E-state index is 11.0. The Labute approximate surface area is 59.9 Å². The molecule has 0 heterocycles. The molecule has 0 radical (unpaired) electrons. The summed E-state index contributed by atoms with van der Waals surface area (Å²) in [6.45, 7) is 1.78. The number of aliphatic hydroxyl groups is 1. The summed E-state index contributed by atoms with van der Waals surface area (Å²) < 4.78 is 0. The molecule has 1 rings (SSSR count). The molecule has 0 aromatic heterocycles. The molecule has 0 saturated heterocycles. The van der Waals surface area contributed by atoms with Crippen LogP contribution in [0.1, 0.15) is 13.3 Å². The lowest BCUT2D eigenvalue weighted by Gasteiger charge is -2.20. The van der Waals surface area contributed by atoms with Crippen molar-refractivity contribution in [3.63, 3.8) is 0 Å². The number of ketones is 1. The third-order valence-electron chi connectivity index (χ3n) is 1.70. The molecule has 0 amide bonds. The van der Waals surface area contributed by atoms with E-state index in [0.717, 1.165) is 0 Å². The van der Waals surface area contributed by atoms with Gasteiger partial charge in [0.25, 0.3) is 0 Å². The molecule has 0 aliphatic heterocycles. The molecule has 0 aromatic rings. The number of carbonyl (C=O) groups is 1. The molecule has 10 heavy (non-hydrogen) atoms. The van der Waals surface area contributed by atoms with E-state index in [1.165, 1.54) is 12.2 Å². The lowest BCUT2D eigenvalue weighted by Crippen LogP contribution is -2.35. The third kappa shape index (κ3) is 1.02. The zero-order valence-electron chi connectivity index (χ0n) is 5.87. The highest BCUT2D eigenvalue weighted by atomic mass is 16.3. The molecule has 0 saturated carbocycles. The average molecular weight is 138 g/mol. The first-order valence-electron chi connectivity index (χ1n) is 3.32. The van der Waals surface area contributed by atoms with Gasteiger partial charge in [0.15, 0.2) is 5.78 Å². The largest absolute Gasteiger partial charge is 0.378 e. The summed E-state index contributed by atoms with van der Waals surface area (Å²) in [6, 6.07) is 0. The van der Waals surface area contributed by atoms with Gasteiger partial charge in [0.1, 0.15) is 5.60 Å². The minimum Gasteiger partial charge on any atom is -0.378 e. The van der Waals surface area contributed by atoms with Crippen molar-refractivity contribution in [2.75, 3.05) is 0 Å². The van der Waals surface area contributed by atoms with Crippen LogP contribution in [0.5, 0.6) is 0 Å². The summed E-state index contributed by atoms with van der Waals surface area (Å²) in [5, 5.41) is 9.46. The van der Waals surface area contributed by atoms with Gasteiger partial charge in [0, 0.05) is 0 Å². The SMILES string of the molecule is CCC1(O)C=CC=CC1=O. The Hall–Kier alpha value is -0.890. The normalized spacial score (nSPS) is 31.2. The van der Waals surface area contributed by atoms with Gasteiger partial charge < -0.3 is 5.11 Å². The van der Waals surface area contributed by atoms with Crippen LogP contribution in [-0.2, 0) is 4.79 Å². The van der Waals surface area contributed by atoms with E-state index in [-0.39, 0.29) is 5.78 Å². The van der Waals surface area contributed by atoms with Gasteiger partial charge in [-0.05, 0) is 18.6 Å². The maximum Gasteiger partial charge on any atom is 0.191 e. The highest BCUT2D eigenvalue weighted by molar-refractivity contribution is 5.99. The monoisotopic (exact) mass is 138 g/mol. The summed E-state index contributed by atoms with van der Waals surface area (Å²) in [5.74, 6) is -0.225. The second-order valence-electron chi connectivity index (χ2n) is 2.36. The molecule has 0 spiro atoms. The van der Waals surface area contributed by atoms with Crippen LogP contribution in [0.4, 0.5) is 0 Å². The van der Waals surface area contributed by atoms with Crippen molar-refractivity contribution in [3.05, 3.63) is 24.3 Å². The molecule has 1 N–H and O–H groups in total. The molecule has 0 aromatic carbocycles. The predicted octanol–water partition coefficient (Wildman–Crippen LogP) is 0.823.